The standard InChI is InChI=1S/C18H26N4O3/c1-5-6-14(23-3)12-25-16-11-13(7-8-15(16)24-4)21-18-20-10-9-17(19-2)22-18/h7-11,14H,5-6,12H2,1-4H3,(H2,19,20,21,22)/t14-/m0/s1. The Morgan fingerprint density at radius 3 is 2.68 bits per heavy atom. The zero-order valence-electron chi connectivity index (χ0n) is 15.2. The van der Waals surface area contributed by atoms with E-state index in [1.165, 1.54) is 0 Å². The fourth-order valence-corrected chi connectivity index (χ4v) is 2.33. The molecule has 1 heterocycles. The van der Waals surface area contributed by atoms with Crippen molar-refractivity contribution >= 4 is 17.5 Å². The molecule has 0 saturated carbocycles. The van der Waals surface area contributed by atoms with E-state index in [1.54, 1.807) is 26.5 Å². The molecule has 0 spiro atoms. The van der Waals surface area contributed by atoms with Crippen LogP contribution >= 0.6 is 0 Å². The normalized spacial score (nSPS) is 11.7. The minimum atomic E-state index is 0.0574. The third kappa shape index (κ3) is 5.49. The predicted octanol–water partition coefficient (Wildman–Crippen LogP) is 3.46. The molecule has 0 unspecified atom stereocenters. The number of aromatic nitrogens is 2. The van der Waals surface area contributed by atoms with Crippen LogP contribution in [-0.4, -0.2) is 43.9 Å². The van der Waals surface area contributed by atoms with Crippen molar-refractivity contribution in [1.82, 2.24) is 9.97 Å². The van der Waals surface area contributed by atoms with Crippen molar-refractivity contribution in [2.45, 2.75) is 25.9 Å². The molecule has 0 fully saturated rings. The first-order valence-electron chi connectivity index (χ1n) is 8.31. The Kier molecular flexibility index (Phi) is 7.28. The molecule has 1 atom stereocenters. The van der Waals surface area contributed by atoms with Crippen LogP contribution in [0.4, 0.5) is 17.5 Å². The van der Waals surface area contributed by atoms with Crippen LogP contribution in [0.3, 0.4) is 0 Å². The second-order valence-corrected chi connectivity index (χ2v) is 5.46. The number of hydrogen-bond acceptors (Lipinski definition) is 7. The van der Waals surface area contributed by atoms with Gasteiger partial charge in [0, 0.05) is 32.1 Å². The van der Waals surface area contributed by atoms with E-state index in [1.807, 2.05) is 25.2 Å². The van der Waals surface area contributed by atoms with E-state index in [4.69, 9.17) is 14.2 Å². The minimum absolute atomic E-state index is 0.0574. The average molecular weight is 346 g/mol. The molecule has 0 saturated heterocycles. The molecule has 0 bridgehead atoms. The molecule has 2 rings (SSSR count). The number of ether oxygens (including phenoxy) is 3. The van der Waals surface area contributed by atoms with Crippen molar-refractivity contribution in [3.63, 3.8) is 0 Å². The topological polar surface area (TPSA) is 77.5 Å². The number of hydrogen-bond donors (Lipinski definition) is 2. The molecular weight excluding hydrogens is 320 g/mol. The Hall–Kier alpha value is -2.54. The molecule has 7 nitrogen and oxygen atoms in total. The van der Waals surface area contributed by atoms with Crippen molar-refractivity contribution < 1.29 is 14.2 Å². The maximum Gasteiger partial charge on any atom is 0.229 e. The van der Waals surface area contributed by atoms with Gasteiger partial charge in [-0.2, -0.15) is 4.98 Å². The van der Waals surface area contributed by atoms with Crippen molar-refractivity contribution in [2.75, 3.05) is 38.5 Å². The molecule has 2 aromatic rings. The third-order valence-corrected chi connectivity index (χ3v) is 3.70. The van der Waals surface area contributed by atoms with Gasteiger partial charge in [0.25, 0.3) is 0 Å². The van der Waals surface area contributed by atoms with Crippen molar-refractivity contribution in [3.8, 4) is 11.5 Å². The van der Waals surface area contributed by atoms with E-state index in [-0.39, 0.29) is 6.10 Å². The van der Waals surface area contributed by atoms with Crippen LogP contribution in [0.1, 0.15) is 19.8 Å². The highest BCUT2D eigenvalue weighted by molar-refractivity contribution is 5.60. The molecule has 7 heteroatoms. The van der Waals surface area contributed by atoms with E-state index in [2.05, 4.69) is 27.5 Å². The zero-order chi connectivity index (χ0) is 18.1. The van der Waals surface area contributed by atoms with Crippen LogP contribution in [0.25, 0.3) is 0 Å². The molecule has 1 aromatic heterocycles. The molecule has 1 aromatic carbocycles. The average Bonchev–Trinajstić information content (AvgIpc) is 2.65. The Morgan fingerprint density at radius 1 is 1.16 bits per heavy atom. The summed E-state index contributed by atoms with van der Waals surface area (Å²) in [5.41, 5.74) is 0.813. The maximum absolute atomic E-state index is 5.91. The van der Waals surface area contributed by atoms with Gasteiger partial charge >= 0.3 is 0 Å². The van der Waals surface area contributed by atoms with Crippen LogP contribution in [-0.2, 0) is 4.74 Å². The van der Waals surface area contributed by atoms with Crippen LogP contribution in [0.15, 0.2) is 30.5 Å². The van der Waals surface area contributed by atoms with Crippen molar-refractivity contribution in [3.05, 3.63) is 30.5 Å². The summed E-state index contributed by atoms with van der Waals surface area (Å²) < 4.78 is 16.7. The Labute approximate surface area is 148 Å². The van der Waals surface area contributed by atoms with E-state index in [0.29, 0.717) is 24.1 Å². The minimum Gasteiger partial charge on any atom is -0.493 e. The predicted molar refractivity (Wildman–Crippen MR) is 99.1 cm³/mol. The van der Waals surface area contributed by atoms with Gasteiger partial charge in [-0.15, -0.1) is 0 Å². The molecule has 0 amide bonds. The van der Waals surface area contributed by atoms with E-state index in [9.17, 15) is 0 Å². The quantitative estimate of drug-likeness (QED) is 0.682. The van der Waals surface area contributed by atoms with Crippen LogP contribution in [0.2, 0.25) is 0 Å². The zero-order valence-corrected chi connectivity index (χ0v) is 15.2. The number of anilines is 3. The smallest absolute Gasteiger partial charge is 0.229 e. The van der Waals surface area contributed by atoms with Gasteiger partial charge in [-0.05, 0) is 24.6 Å². The Balaban J connectivity index is 2.12. The van der Waals surface area contributed by atoms with Crippen LogP contribution < -0.4 is 20.1 Å². The van der Waals surface area contributed by atoms with Crippen LogP contribution in [0.5, 0.6) is 11.5 Å². The van der Waals surface area contributed by atoms with Gasteiger partial charge in [0.2, 0.25) is 5.95 Å². The number of rotatable bonds is 10. The van der Waals surface area contributed by atoms with Gasteiger partial charge in [0.15, 0.2) is 11.5 Å². The van der Waals surface area contributed by atoms with E-state index in [0.717, 1.165) is 24.3 Å². The molecule has 25 heavy (non-hydrogen) atoms. The van der Waals surface area contributed by atoms with Gasteiger partial charge in [-0.3, -0.25) is 0 Å². The first kappa shape index (κ1) is 18.8. The molecule has 2 N–H and O–H groups in total. The molecule has 0 aliphatic carbocycles. The van der Waals surface area contributed by atoms with E-state index >= 15 is 0 Å². The summed E-state index contributed by atoms with van der Waals surface area (Å²) in [4.78, 5) is 8.56. The number of nitrogens with one attached hydrogen (secondary N) is 2. The molecule has 136 valence electrons. The van der Waals surface area contributed by atoms with Gasteiger partial charge in [-0.1, -0.05) is 13.3 Å². The van der Waals surface area contributed by atoms with Gasteiger partial charge in [-0.25, -0.2) is 4.98 Å². The molecular formula is C18H26N4O3. The van der Waals surface area contributed by atoms with Gasteiger partial charge in [0.1, 0.15) is 12.4 Å². The highest BCUT2D eigenvalue weighted by atomic mass is 16.5. The largest absolute Gasteiger partial charge is 0.493 e. The van der Waals surface area contributed by atoms with Gasteiger partial charge in [0.05, 0.1) is 13.2 Å². The summed E-state index contributed by atoms with van der Waals surface area (Å²) in [6.07, 6.45) is 3.74. The summed E-state index contributed by atoms with van der Waals surface area (Å²) in [5, 5.41) is 6.15. The first-order chi connectivity index (χ1) is 12.2. The first-order valence-corrected chi connectivity index (χ1v) is 8.31. The SMILES string of the molecule is CCC[C@@H](COc1cc(Nc2nccc(NC)n2)ccc1OC)OC. The Morgan fingerprint density at radius 2 is 2.00 bits per heavy atom. The highest BCUT2D eigenvalue weighted by Crippen LogP contribution is 2.31. The van der Waals surface area contributed by atoms with E-state index < -0.39 is 0 Å². The summed E-state index contributed by atoms with van der Waals surface area (Å²) in [6, 6.07) is 7.40. The van der Waals surface area contributed by atoms with Gasteiger partial charge < -0.3 is 24.8 Å². The second kappa shape index (κ2) is 9.68. The molecule has 0 aliphatic rings. The summed E-state index contributed by atoms with van der Waals surface area (Å²) in [7, 11) is 5.13. The summed E-state index contributed by atoms with van der Waals surface area (Å²) in [6.45, 7) is 2.59. The second-order valence-electron chi connectivity index (χ2n) is 5.46. The fourth-order valence-electron chi connectivity index (χ4n) is 2.33. The Bertz CT molecular complexity index is 667. The van der Waals surface area contributed by atoms with Crippen molar-refractivity contribution in [2.24, 2.45) is 0 Å². The lowest BCUT2D eigenvalue weighted by molar-refractivity contribution is 0.0507. The molecule has 0 radical (unpaired) electrons. The fraction of sp³-hybridized carbons (Fsp3) is 0.444. The number of methoxy groups -OCH3 is 2. The van der Waals surface area contributed by atoms with Crippen LogP contribution in [0, 0.1) is 0 Å². The third-order valence-electron chi connectivity index (χ3n) is 3.70. The monoisotopic (exact) mass is 346 g/mol. The van der Waals surface area contributed by atoms with Crippen molar-refractivity contribution in [1.29, 1.82) is 0 Å². The molecule has 0 aliphatic heterocycles. The summed E-state index contributed by atoms with van der Waals surface area (Å²) in [5.74, 6) is 2.56. The maximum atomic E-state index is 5.91. The lowest BCUT2D eigenvalue weighted by Gasteiger charge is -2.17. The summed E-state index contributed by atoms with van der Waals surface area (Å²) >= 11 is 0. The lowest BCUT2D eigenvalue weighted by atomic mass is 10.2. The lowest BCUT2D eigenvalue weighted by Crippen LogP contribution is -2.20. The highest BCUT2D eigenvalue weighted by Gasteiger charge is 2.11. The number of benzene rings is 1. The number of nitrogens with zero attached hydrogens (tertiary/aromatic N) is 2.